The third kappa shape index (κ3) is 4.26. The van der Waals surface area contributed by atoms with Gasteiger partial charge in [0.1, 0.15) is 5.75 Å². The van der Waals surface area contributed by atoms with Crippen LogP contribution in [0.15, 0.2) is 54.0 Å². The van der Waals surface area contributed by atoms with Crippen molar-refractivity contribution in [1.29, 1.82) is 0 Å². The average molecular weight is 396 g/mol. The van der Waals surface area contributed by atoms with E-state index in [2.05, 4.69) is 40.8 Å². The Morgan fingerprint density at radius 3 is 3.20 bits per heavy atom. The first-order valence-corrected chi connectivity index (χ1v) is 8.24. The van der Waals surface area contributed by atoms with Crippen molar-refractivity contribution >= 4 is 55.1 Å². The van der Waals surface area contributed by atoms with Crippen LogP contribution >= 0.6 is 21.0 Å². The van der Waals surface area contributed by atoms with Crippen LogP contribution in [0.1, 0.15) is 0 Å². The van der Waals surface area contributed by atoms with Crippen LogP contribution in [0.5, 0.6) is 5.75 Å². The number of carbonyl (C=O) groups is 1. The zero-order chi connectivity index (χ0) is 14.4. The maximum atomic E-state index is 11.2. The number of carbonyl (C=O) groups excluding carboxylic acids is 1. The molecular formula is C12H10AlIN4O2. The highest BCUT2D eigenvalue weighted by molar-refractivity contribution is 14.2. The summed E-state index contributed by atoms with van der Waals surface area (Å²) in [6.07, 6.45) is 1.21. The minimum absolute atomic E-state index is 0.265. The molecule has 1 heterocycles. The molecule has 1 aromatic carbocycles. The Morgan fingerprint density at radius 2 is 2.45 bits per heavy atom. The van der Waals surface area contributed by atoms with Crippen molar-refractivity contribution in [2.45, 2.75) is 0 Å². The van der Waals surface area contributed by atoms with Crippen LogP contribution in [0.3, 0.4) is 0 Å². The third-order valence-electron chi connectivity index (χ3n) is 2.15. The fourth-order valence-corrected chi connectivity index (χ4v) is 2.87. The quantitative estimate of drug-likeness (QED) is 0.466. The number of ether oxygens (including phenoxy) is 1. The summed E-state index contributed by atoms with van der Waals surface area (Å²) in [5.74, 6) is 1.48. The van der Waals surface area contributed by atoms with Gasteiger partial charge >= 0.3 is 16.5 Å². The van der Waals surface area contributed by atoms with E-state index in [1.807, 2.05) is 4.08 Å². The Kier molecular flexibility index (Phi) is 5.46. The SMILES string of the molecule is C=CC(=O)Nc1cccc(OC2=CI=NC(=[N][Al])N2)c1. The van der Waals surface area contributed by atoms with Gasteiger partial charge in [-0.1, -0.05) is 12.6 Å². The molecule has 1 aliphatic rings. The van der Waals surface area contributed by atoms with Gasteiger partial charge < -0.3 is 14.0 Å². The summed E-state index contributed by atoms with van der Waals surface area (Å²) in [6, 6.07) is 7.09. The Balaban J connectivity index is 2.08. The fourth-order valence-electron chi connectivity index (χ4n) is 1.33. The molecular weight excluding hydrogens is 386 g/mol. The minimum Gasteiger partial charge on any atom is -0.440 e. The van der Waals surface area contributed by atoms with Crippen LogP contribution in [0.4, 0.5) is 5.69 Å². The van der Waals surface area contributed by atoms with Crippen LogP contribution < -0.4 is 15.4 Å². The molecule has 20 heavy (non-hydrogen) atoms. The van der Waals surface area contributed by atoms with Crippen LogP contribution in [-0.4, -0.2) is 28.4 Å². The zero-order valence-electron chi connectivity index (χ0n) is 10.3. The summed E-state index contributed by atoms with van der Waals surface area (Å²) < 4.78 is 15.7. The van der Waals surface area contributed by atoms with Crippen molar-refractivity contribution in [2.24, 2.45) is 7.12 Å². The number of halogens is 1. The predicted octanol–water partition coefficient (Wildman–Crippen LogP) is 2.19. The second kappa shape index (κ2) is 7.33. The molecule has 1 aromatic rings. The zero-order valence-corrected chi connectivity index (χ0v) is 13.6. The van der Waals surface area contributed by atoms with Crippen molar-refractivity contribution in [2.75, 3.05) is 5.32 Å². The first-order chi connectivity index (χ1) is 9.71. The summed E-state index contributed by atoms with van der Waals surface area (Å²) >= 11 is 1.81. The molecule has 6 nitrogen and oxygen atoms in total. The lowest BCUT2D eigenvalue weighted by Crippen LogP contribution is -2.25. The van der Waals surface area contributed by atoms with E-state index in [0.717, 1.165) is 0 Å². The molecule has 0 bridgehead atoms. The van der Waals surface area contributed by atoms with Gasteiger partial charge in [0.25, 0.3) is 0 Å². The molecule has 0 unspecified atom stereocenters. The van der Waals surface area contributed by atoms with Crippen LogP contribution in [0.2, 0.25) is 0 Å². The molecule has 1 aliphatic heterocycles. The average Bonchev–Trinajstić information content (AvgIpc) is 2.47. The lowest BCUT2D eigenvalue weighted by molar-refractivity contribution is -0.111. The molecule has 0 aromatic heterocycles. The van der Waals surface area contributed by atoms with Gasteiger partial charge in [0.2, 0.25) is 17.7 Å². The Labute approximate surface area is 134 Å². The summed E-state index contributed by atoms with van der Waals surface area (Å²) in [4.78, 5) is 11.2. The number of benzene rings is 1. The maximum absolute atomic E-state index is 11.2. The van der Waals surface area contributed by atoms with Crippen LogP contribution in [0, 0.1) is 0 Å². The monoisotopic (exact) mass is 396 g/mol. The van der Waals surface area contributed by atoms with Gasteiger partial charge in [-0.3, -0.25) is 10.1 Å². The van der Waals surface area contributed by atoms with Crippen molar-refractivity contribution in [3.8, 4) is 5.75 Å². The van der Waals surface area contributed by atoms with Gasteiger partial charge in [-0.05, 0) is 18.2 Å². The Bertz CT molecular complexity index is 628. The van der Waals surface area contributed by atoms with Crippen LogP contribution in [-0.2, 0) is 4.79 Å². The molecule has 0 aliphatic carbocycles. The van der Waals surface area contributed by atoms with Gasteiger partial charge in [0.05, 0.1) is 4.08 Å². The highest BCUT2D eigenvalue weighted by Gasteiger charge is 2.07. The normalized spacial score (nSPS) is 15.6. The molecule has 2 rings (SSSR count). The van der Waals surface area contributed by atoms with Crippen molar-refractivity contribution in [3.63, 3.8) is 0 Å². The van der Waals surface area contributed by atoms with E-state index >= 15 is 0 Å². The number of anilines is 1. The van der Waals surface area contributed by atoms with Gasteiger partial charge in [-0.25, -0.2) is 0 Å². The van der Waals surface area contributed by atoms with Gasteiger partial charge in [0.15, 0.2) is 0 Å². The van der Waals surface area contributed by atoms with Gasteiger partial charge in [-0.2, -0.15) is 3.15 Å². The van der Waals surface area contributed by atoms with Crippen molar-refractivity contribution in [3.05, 3.63) is 46.9 Å². The molecule has 0 saturated heterocycles. The summed E-state index contributed by atoms with van der Waals surface area (Å²) in [6.45, 7) is 3.41. The maximum Gasteiger partial charge on any atom is 0.351 e. The molecule has 100 valence electrons. The van der Waals surface area contributed by atoms with E-state index in [4.69, 9.17) is 4.74 Å². The van der Waals surface area contributed by atoms with E-state index in [1.165, 1.54) is 6.08 Å². The largest absolute Gasteiger partial charge is 0.440 e. The number of guanidine groups is 1. The molecule has 8 heteroatoms. The second-order valence-electron chi connectivity index (χ2n) is 3.56. The number of nitrogens with zero attached hydrogens (tertiary/aromatic N) is 2. The Morgan fingerprint density at radius 1 is 1.60 bits per heavy atom. The van der Waals surface area contributed by atoms with E-state index in [9.17, 15) is 4.79 Å². The molecule has 2 N–H and O–H groups in total. The first-order valence-electron chi connectivity index (χ1n) is 5.51. The summed E-state index contributed by atoms with van der Waals surface area (Å²) in [5.41, 5.74) is 0.642. The van der Waals surface area contributed by atoms with E-state index in [1.54, 1.807) is 24.3 Å². The van der Waals surface area contributed by atoms with E-state index in [0.29, 0.717) is 23.3 Å². The smallest absolute Gasteiger partial charge is 0.351 e. The lowest BCUT2D eigenvalue weighted by Gasteiger charge is -2.14. The number of nitrogens with one attached hydrogen (secondary N) is 2. The number of amides is 1. The van der Waals surface area contributed by atoms with E-state index in [-0.39, 0.29) is 5.91 Å². The number of rotatable bonds is 4. The van der Waals surface area contributed by atoms with Crippen molar-refractivity contribution in [1.82, 2.24) is 5.32 Å². The van der Waals surface area contributed by atoms with Crippen molar-refractivity contribution < 1.29 is 9.53 Å². The first kappa shape index (κ1) is 14.9. The molecule has 0 fully saturated rings. The summed E-state index contributed by atoms with van der Waals surface area (Å²) in [5, 5.41) is 5.62. The molecule has 2 radical (unpaired) electrons. The number of hydrogen-bond donors (Lipinski definition) is 2. The second-order valence-corrected chi connectivity index (χ2v) is 5.48. The van der Waals surface area contributed by atoms with Gasteiger partial charge in [0, 0.05) is 32.8 Å². The number of hydrogen-bond acceptors (Lipinski definition) is 3. The molecule has 0 atom stereocenters. The molecule has 0 saturated carbocycles. The Hall–Kier alpha value is -1.50. The van der Waals surface area contributed by atoms with Gasteiger partial charge in [-0.15, -0.1) is 0 Å². The standard InChI is InChI=1S/C12H10IN4O2.Al/c1-2-10(18)15-8-4-3-5-9(6-8)19-11-7-13-17-12(14)16-11;/h2-7H,1H2,(H2-,14,15,16,17,18);/q-1;+1. The van der Waals surface area contributed by atoms with Crippen LogP contribution in [0.25, 0.3) is 0 Å². The molecule has 0 spiro atoms. The molecule has 1 amide bonds. The lowest BCUT2D eigenvalue weighted by atomic mass is 10.3. The fraction of sp³-hybridized carbons (Fsp3) is 0. The highest BCUT2D eigenvalue weighted by atomic mass is 127. The predicted molar refractivity (Wildman–Crippen MR) is 86.8 cm³/mol. The van der Waals surface area contributed by atoms with E-state index < -0.39 is 21.0 Å². The highest BCUT2D eigenvalue weighted by Crippen LogP contribution is 2.21. The third-order valence-corrected chi connectivity index (χ3v) is 3.97. The summed E-state index contributed by atoms with van der Waals surface area (Å²) in [7, 11) is 0. The minimum atomic E-state index is -0.447. The topological polar surface area (TPSA) is 75.1 Å².